The minimum atomic E-state index is -1.69. The highest BCUT2D eigenvalue weighted by Crippen LogP contribution is 2.03. The van der Waals surface area contributed by atoms with Crippen molar-refractivity contribution in [3.8, 4) is 0 Å². The first-order valence-corrected chi connectivity index (χ1v) is 8.37. The molecule has 12 nitrogen and oxygen atoms in total. The average molecular weight is 389 g/mol. The lowest BCUT2D eigenvalue weighted by atomic mass is 10.1. The van der Waals surface area contributed by atoms with Crippen molar-refractivity contribution < 1.29 is 34.2 Å². The number of carboxylic acid groups (broad SMARTS) is 2. The van der Waals surface area contributed by atoms with Gasteiger partial charge in [-0.25, -0.2) is 4.79 Å². The van der Waals surface area contributed by atoms with Gasteiger partial charge in [0.1, 0.15) is 12.1 Å². The number of rotatable bonds is 14. The maximum absolute atomic E-state index is 12.3. The number of carbonyl (C=O) groups excluding carboxylic acids is 3. The zero-order valence-electron chi connectivity index (χ0n) is 14.8. The van der Waals surface area contributed by atoms with Gasteiger partial charge in [0.05, 0.1) is 12.5 Å². The Kier molecular flexibility index (Phi) is 11.3. The van der Waals surface area contributed by atoms with Crippen molar-refractivity contribution in [2.75, 3.05) is 6.54 Å². The second kappa shape index (κ2) is 12.6. The van der Waals surface area contributed by atoms with Gasteiger partial charge in [-0.1, -0.05) is 6.42 Å². The average Bonchev–Trinajstić information content (AvgIpc) is 2.56. The predicted octanol–water partition coefficient (Wildman–Crippen LogP) is -2.76. The summed E-state index contributed by atoms with van der Waals surface area (Å²) in [7, 11) is 0. The molecule has 0 aliphatic carbocycles. The van der Waals surface area contributed by atoms with Gasteiger partial charge in [-0.05, 0) is 25.8 Å². The first-order chi connectivity index (χ1) is 12.6. The third-order valence-corrected chi connectivity index (χ3v) is 3.61. The second-order valence-electron chi connectivity index (χ2n) is 5.95. The van der Waals surface area contributed by atoms with E-state index in [1.807, 2.05) is 5.32 Å². The molecule has 0 bridgehead atoms. The van der Waals surface area contributed by atoms with E-state index in [0.717, 1.165) is 0 Å². The number of amides is 3. The molecule has 0 radical (unpaired) electrons. The molecule has 0 saturated heterocycles. The summed E-state index contributed by atoms with van der Waals surface area (Å²) in [4.78, 5) is 57.1. The molecular formula is C15H27N5O7. The Balaban J connectivity index is 5.01. The van der Waals surface area contributed by atoms with Gasteiger partial charge in [0.25, 0.3) is 0 Å². The fourth-order valence-electron chi connectivity index (χ4n) is 2.12. The van der Waals surface area contributed by atoms with Crippen molar-refractivity contribution >= 4 is 29.7 Å². The Bertz CT molecular complexity index is 555. The summed E-state index contributed by atoms with van der Waals surface area (Å²) in [6.07, 6.45) is 0.296. The Labute approximate surface area is 155 Å². The van der Waals surface area contributed by atoms with E-state index < -0.39 is 54.2 Å². The molecule has 0 fully saturated rings. The number of nitrogens with one attached hydrogen (secondary N) is 2. The number of carboxylic acids is 2. The molecule has 10 N–H and O–H groups in total. The van der Waals surface area contributed by atoms with Crippen molar-refractivity contribution in [2.45, 2.75) is 56.7 Å². The molecule has 0 heterocycles. The second-order valence-corrected chi connectivity index (χ2v) is 5.95. The summed E-state index contributed by atoms with van der Waals surface area (Å²) in [5.74, 6) is -5.32. The fourth-order valence-corrected chi connectivity index (χ4v) is 2.12. The minimum Gasteiger partial charge on any atom is -0.481 e. The quantitative estimate of drug-likeness (QED) is 0.152. The van der Waals surface area contributed by atoms with Crippen molar-refractivity contribution in [2.24, 2.45) is 17.2 Å². The smallest absolute Gasteiger partial charge is 0.326 e. The van der Waals surface area contributed by atoms with Gasteiger partial charge in [-0.2, -0.15) is 0 Å². The van der Waals surface area contributed by atoms with Crippen molar-refractivity contribution in [1.29, 1.82) is 0 Å². The fraction of sp³-hybridized carbons (Fsp3) is 0.667. The van der Waals surface area contributed by atoms with Gasteiger partial charge >= 0.3 is 11.9 Å². The highest BCUT2D eigenvalue weighted by Gasteiger charge is 2.29. The van der Waals surface area contributed by atoms with E-state index in [1.165, 1.54) is 0 Å². The van der Waals surface area contributed by atoms with Crippen LogP contribution in [0, 0.1) is 0 Å². The molecule has 12 heteroatoms. The van der Waals surface area contributed by atoms with E-state index in [1.54, 1.807) is 0 Å². The standard InChI is InChI=1S/C15H27N5O7/c16-6-2-1-3-8(17)13(24)19-9(4-5-11(18)21)14(25)20-10(15(26)27)7-12(22)23/h8-10H,1-7,16-17H2,(H2,18,21)(H,19,24)(H,20,25)(H,22,23)(H,26,27)/t8-,9-,10-/m0/s1. The number of hydrogen-bond donors (Lipinski definition) is 7. The summed E-state index contributed by atoms with van der Waals surface area (Å²) in [5, 5.41) is 22.1. The molecule has 154 valence electrons. The zero-order chi connectivity index (χ0) is 21.0. The van der Waals surface area contributed by atoms with Gasteiger partial charge in [-0.3, -0.25) is 19.2 Å². The molecule has 27 heavy (non-hydrogen) atoms. The van der Waals surface area contributed by atoms with Crippen LogP contribution in [0.3, 0.4) is 0 Å². The molecule has 0 aromatic carbocycles. The van der Waals surface area contributed by atoms with E-state index in [-0.39, 0.29) is 12.8 Å². The number of nitrogens with two attached hydrogens (primary N) is 3. The van der Waals surface area contributed by atoms with Crippen LogP contribution in [-0.4, -0.2) is 64.5 Å². The largest absolute Gasteiger partial charge is 0.481 e. The lowest BCUT2D eigenvalue weighted by molar-refractivity contribution is -0.147. The third kappa shape index (κ3) is 10.8. The van der Waals surface area contributed by atoms with Crippen LogP contribution in [-0.2, 0) is 24.0 Å². The molecule has 0 aliphatic heterocycles. The molecule has 0 aliphatic rings. The van der Waals surface area contributed by atoms with E-state index in [0.29, 0.717) is 25.8 Å². The molecule has 0 unspecified atom stereocenters. The van der Waals surface area contributed by atoms with Gasteiger partial charge in [0, 0.05) is 6.42 Å². The number of hydrogen-bond acceptors (Lipinski definition) is 7. The molecule has 0 rings (SSSR count). The maximum atomic E-state index is 12.3. The number of unbranched alkanes of at least 4 members (excludes halogenated alkanes) is 1. The van der Waals surface area contributed by atoms with Crippen molar-refractivity contribution in [3.63, 3.8) is 0 Å². The van der Waals surface area contributed by atoms with Crippen LogP contribution in [0.1, 0.15) is 38.5 Å². The number of primary amides is 1. The zero-order valence-corrected chi connectivity index (χ0v) is 14.8. The van der Waals surface area contributed by atoms with Gasteiger partial charge in [0.15, 0.2) is 0 Å². The van der Waals surface area contributed by atoms with E-state index in [4.69, 9.17) is 27.4 Å². The summed E-state index contributed by atoms with van der Waals surface area (Å²) in [5.41, 5.74) is 16.1. The third-order valence-electron chi connectivity index (χ3n) is 3.61. The van der Waals surface area contributed by atoms with Crippen LogP contribution in [0.2, 0.25) is 0 Å². The van der Waals surface area contributed by atoms with Gasteiger partial charge in [-0.15, -0.1) is 0 Å². The SMILES string of the molecule is NCCCC[C@H](N)C(=O)N[C@@H](CCC(N)=O)C(=O)N[C@@H](CC(=O)O)C(=O)O. The molecule has 0 spiro atoms. The minimum absolute atomic E-state index is 0.193. The Morgan fingerprint density at radius 3 is 1.96 bits per heavy atom. The van der Waals surface area contributed by atoms with Crippen LogP contribution < -0.4 is 27.8 Å². The number of aliphatic carboxylic acids is 2. The van der Waals surface area contributed by atoms with E-state index in [9.17, 15) is 24.0 Å². The summed E-state index contributed by atoms with van der Waals surface area (Å²) in [6, 6.07) is -3.91. The molecular weight excluding hydrogens is 362 g/mol. The summed E-state index contributed by atoms with van der Waals surface area (Å²) < 4.78 is 0. The molecule has 0 aromatic rings. The van der Waals surface area contributed by atoms with Gasteiger partial charge in [0.2, 0.25) is 17.7 Å². The van der Waals surface area contributed by atoms with Crippen LogP contribution in [0.5, 0.6) is 0 Å². The first kappa shape index (κ1) is 24.3. The summed E-state index contributed by atoms with van der Waals surface area (Å²) in [6.45, 7) is 0.443. The topological polar surface area (TPSA) is 228 Å². The molecule has 0 saturated carbocycles. The molecule has 0 aromatic heterocycles. The van der Waals surface area contributed by atoms with Crippen molar-refractivity contribution in [3.05, 3.63) is 0 Å². The molecule has 3 atom stereocenters. The van der Waals surface area contributed by atoms with E-state index in [2.05, 4.69) is 5.32 Å². The van der Waals surface area contributed by atoms with Crippen LogP contribution in [0.25, 0.3) is 0 Å². The number of carbonyl (C=O) groups is 5. The predicted molar refractivity (Wildman–Crippen MR) is 93.1 cm³/mol. The van der Waals surface area contributed by atoms with Crippen LogP contribution >= 0.6 is 0 Å². The highest BCUT2D eigenvalue weighted by molar-refractivity contribution is 5.93. The Hall–Kier alpha value is -2.73. The van der Waals surface area contributed by atoms with Gasteiger partial charge < -0.3 is 38.0 Å². The van der Waals surface area contributed by atoms with Crippen molar-refractivity contribution in [1.82, 2.24) is 10.6 Å². The highest BCUT2D eigenvalue weighted by atomic mass is 16.4. The Morgan fingerprint density at radius 1 is 0.889 bits per heavy atom. The van der Waals surface area contributed by atoms with E-state index >= 15 is 0 Å². The monoisotopic (exact) mass is 389 g/mol. The lowest BCUT2D eigenvalue weighted by Crippen LogP contribution is -2.54. The van der Waals surface area contributed by atoms with Crippen LogP contribution in [0.4, 0.5) is 0 Å². The Morgan fingerprint density at radius 2 is 1.48 bits per heavy atom. The first-order valence-electron chi connectivity index (χ1n) is 8.37. The normalized spacial score (nSPS) is 13.9. The lowest BCUT2D eigenvalue weighted by Gasteiger charge is -2.22. The van der Waals surface area contributed by atoms with Crippen LogP contribution in [0.15, 0.2) is 0 Å². The summed E-state index contributed by atoms with van der Waals surface area (Å²) >= 11 is 0. The maximum Gasteiger partial charge on any atom is 0.326 e. The molecule has 3 amide bonds.